The molecule has 0 spiro atoms. The number of hydrogen-bond acceptors (Lipinski definition) is 2. The zero-order valence-corrected chi connectivity index (χ0v) is 12.8. The molecular formula is C15H25ClN2O. The molecule has 0 saturated heterocycles. The minimum absolute atomic E-state index is 0. The first-order chi connectivity index (χ1) is 8.57. The quantitative estimate of drug-likeness (QED) is 0.872. The highest BCUT2D eigenvalue weighted by molar-refractivity contribution is 5.85. The lowest BCUT2D eigenvalue weighted by Crippen LogP contribution is -2.43. The molecule has 0 aliphatic carbocycles. The van der Waals surface area contributed by atoms with Crippen molar-refractivity contribution < 1.29 is 4.79 Å². The molecule has 0 bridgehead atoms. The molecule has 1 aromatic rings. The van der Waals surface area contributed by atoms with Crippen LogP contribution in [0.25, 0.3) is 0 Å². The molecule has 0 aliphatic rings. The second-order valence-electron chi connectivity index (χ2n) is 4.76. The predicted octanol–water partition coefficient (Wildman–Crippen LogP) is 3.15. The van der Waals surface area contributed by atoms with E-state index < -0.39 is 6.04 Å². The summed E-state index contributed by atoms with van der Waals surface area (Å²) in [7, 11) is 0. The highest BCUT2D eigenvalue weighted by Crippen LogP contribution is 2.21. The summed E-state index contributed by atoms with van der Waals surface area (Å²) in [4.78, 5) is 14.1. The van der Waals surface area contributed by atoms with Crippen LogP contribution in [0.4, 0.5) is 0 Å². The lowest BCUT2D eigenvalue weighted by molar-refractivity contribution is -0.134. The molecule has 108 valence electrons. The summed E-state index contributed by atoms with van der Waals surface area (Å²) in [6.07, 6.45) is 2.08. The molecule has 1 amide bonds. The maximum absolute atomic E-state index is 12.2. The van der Waals surface area contributed by atoms with E-state index in [-0.39, 0.29) is 24.4 Å². The molecule has 2 N–H and O–H groups in total. The van der Waals surface area contributed by atoms with Crippen molar-refractivity contribution in [3.05, 3.63) is 35.9 Å². The van der Waals surface area contributed by atoms with Gasteiger partial charge < -0.3 is 10.6 Å². The number of carbonyl (C=O) groups excluding carboxylic acids is 1. The number of nitrogens with zero attached hydrogens (tertiary/aromatic N) is 1. The van der Waals surface area contributed by atoms with Crippen molar-refractivity contribution in [2.75, 3.05) is 6.54 Å². The maximum atomic E-state index is 12.2. The molecule has 1 aromatic carbocycles. The van der Waals surface area contributed by atoms with Gasteiger partial charge in [0.15, 0.2) is 0 Å². The smallest absolute Gasteiger partial charge is 0.239 e. The van der Waals surface area contributed by atoms with Crippen molar-refractivity contribution in [1.29, 1.82) is 0 Å². The summed E-state index contributed by atoms with van der Waals surface area (Å²) < 4.78 is 0. The van der Waals surface area contributed by atoms with E-state index in [1.165, 1.54) is 0 Å². The summed E-state index contributed by atoms with van der Waals surface area (Å²) in [6, 6.07) is 9.74. The second kappa shape index (κ2) is 8.94. The van der Waals surface area contributed by atoms with E-state index in [1.54, 1.807) is 6.92 Å². The SMILES string of the molecule is CCCCN(C(=O)[C@H](C)N)C(C)c1ccccc1.Cl. The largest absolute Gasteiger partial charge is 0.335 e. The molecule has 1 rings (SSSR count). The molecule has 4 heteroatoms. The Hall–Kier alpha value is -1.06. The van der Waals surface area contributed by atoms with Crippen LogP contribution < -0.4 is 5.73 Å². The van der Waals surface area contributed by atoms with E-state index in [4.69, 9.17) is 5.73 Å². The molecular weight excluding hydrogens is 260 g/mol. The highest BCUT2D eigenvalue weighted by Gasteiger charge is 2.23. The Balaban J connectivity index is 0.00000324. The monoisotopic (exact) mass is 284 g/mol. The number of halogens is 1. The van der Waals surface area contributed by atoms with Crippen LogP contribution in [0.3, 0.4) is 0 Å². The molecule has 0 aromatic heterocycles. The molecule has 2 atom stereocenters. The van der Waals surface area contributed by atoms with Crippen molar-refractivity contribution in [1.82, 2.24) is 4.90 Å². The van der Waals surface area contributed by atoms with E-state index in [0.717, 1.165) is 24.9 Å². The lowest BCUT2D eigenvalue weighted by atomic mass is 10.1. The number of nitrogens with two attached hydrogens (primary N) is 1. The predicted molar refractivity (Wildman–Crippen MR) is 82.4 cm³/mol. The van der Waals surface area contributed by atoms with Crippen molar-refractivity contribution >= 4 is 18.3 Å². The van der Waals surface area contributed by atoms with E-state index in [1.807, 2.05) is 23.1 Å². The molecule has 0 radical (unpaired) electrons. The molecule has 0 aliphatic heterocycles. The minimum Gasteiger partial charge on any atom is -0.335 e. The van der Waals surface area contributed by atoms with Gasteiger partial charge in [-0.05, 0) is 25.8 Å². The maximum Gasteiger partial charge on any atom is 0.239 e. The van der Waals surface area contributed by atoms with Gasteiger partial charge in [-0.25, -0.2) is 0 Å². The fourth-order valence-corrected chi connectivity index (χ4v) is 2.00. The fourth-order valence-electron chi connectivity index (χ4n) is 2.00. The normalized spacial score (nSPS) is 13.3. The van der Waals surface area contributed by atoms with E-state index in [9.17, 15) is 4.79 Å². The molecule has 0 heterocycles. The van der Waals surface area contributed by atoms with Gasteiger partial charge in [0.25, 0.3) is 0 Å². The van der Waals surface area contributed by atoms with Crippen LogP contribution in [0.5, 0.6) is 0 Å². The summed E-state index contributed by atoms with van der Waals surface area (Å²) in [5.74, 6) is 0.0276. The number of amides is 1. The van der Waals surface area contributed by atoms with E-state index in [0.29, 0.717) is 0 Å². The first-order valence-electron chi connectivity index (χ1n) is 6.69. The van der Waals surface area contributed by atoms with Gasteiger partial charge in [-0.3, -0.25) is 4.79 Å². The van der Waals surface area contributed by atoms with Gasteiger partial charge in [-0.2, -0.15) is 0 Å². The Bertz CT molecular complexity index is 368. The number of unbranched alkanes of at least 4 members (excludes halogenated alkanes) is 1. The zero-order valence-electron chi connectivity index (χ0n) is 12.0. The number of rotatable bonds is 6. The average Bonchev–Trinajstić information content (AvgIpc) is 2.39. The van der Waals surface area contributed by atoms with Crippen molar-refractivity contribution in [2.24, 2.45) is 5.73 Å². The average molecular weight is 285 g/mol. The Morgan fingerprint density at radius 2 is 1.84 bits per heavy atom. The van der Waals surface area contributed by atoms with Crippen LogP contribution in [-0.2, 0) is 4.79 Å². The van der Waals surface area contributed by atoms with Gasteiger partial charge in [0.2, 0.25) is 5.91 Å². The molecule has 0 fully saturated rings. The third kappa shape index (κ3) is 5.21. The molecule has 3 nitrogen and oxygen atoms in total. The number of benzene rings is 1. The van der Waals surface area contributed by atoms with Gasteiger partial charge in [0, 0.05) is 6.54 Å². The standard InChI is InChI=1S/C15H24N2O.ClH/c1-4-5-11-17(15(18)12(2)16)13(3)14-9-7-6-8-10-14;/h6-10,12-13H,4-5,11,16H2,1-3H3;1H/t12-,13?;/m0./s1. The van der Waals surface area contributed by atoms with Crippen LogP contribution in [0.2, 0.25) is 0 Å². The number of hydrogen-bond donors (Lipinski definition) is 1. The van der Waals surface area contributed by atoms with Crippen molar-refractivity contribution in [2.45, 2.75) is 45.7 Å². The van der Waals surface area contributed by atoms with Crippen molar-refractivity contribution in [3.8, 4) is 0 Å². The Morgan fingerprint density at radius 1 is 1.26 bits per heavy atom. The van der Waals surface area contributed by atoms with Gasteiger partial charge in [-0.1, -0.05) is 43.7 Å². The van der Waals surface area contributed by atoms with Crippen LogP contribution in [0.15, 0.2) is 30.3 Å². The van der Waals surface area contributed by atoms with Crippen molar-refractivity contribution in [3.63, 3.8) is 0 Å². The Morgan fingerprint density at radius 3 is 2.32 bits per heavy atom. The van der Waals surface area contributed by atoms with Crippen LogP contribution in [0, 0.1) is 0 Å². The molecule has 0 saturated carbocycles. The zero-order chi connectivity index (χ0) is 13.5. The first kappa shape index (κ1) is 17.9. The topological polar surface area (TPSA) is 46.3 Å². The fraction of sp³-hybridized carbons (Fsp3) is 0.533. The summed E-state index contributed by atoms with van der Waals surface area (Å²) in [5.41, 5.74) is 6.89. The van der Waals surface area contributed by atoms with Gasteiger partial charge in [0.05, 0.1) is 12.1 Å². The van der Waals surface area contributed by atoms with E-state index >= 15 is 0 Å². The second-order valence-corrected chi connectivity index (χ2v) is 4.76. The minimum atomic E-state index is -0.437. The first-order valence-corrected chi connectivity index (χ1v) is 6.69. The summed E-state index contributed by atoms with van der Waals surface area (Å²) in [5, 5.41) is 0. The Kier molecular flexibility index (Phi) is 8.44. The third-order valence-electron chi connectivity index (χ3n) is 3.17. The number of carbonyl (C=O) groups is 1. The van der Waals surface area contributed by atoms with Gasteiger partial charge >= 0.3 is 0 Å². The lowest BCUT2D eigenvalue weighted by Gasteiger charge is -2.31. The van der Waals surface area contributed by atoms with Gasteiger partial charge in [0.1, 0.15) is 0 Å². The Labute approximate surface area is 122 Å². The summed E-state index contributed by atoms with van der Waals surface area (Å²) in [6.45, 7) is 6.71. The third-order valence-corrected chi connectivity index (χ3v) is 3.17. The van der Waals surface area contributed by atoms with Crippen LogP contribution in [0.1, 0.15) is 45.2 Å². The van der Waals surface area contributed by atoms with E-state index in [2.05, 4.69) is 26.0 Å². The van der Waals surface area contributed by atoms with Crippen LogP contribution in [-0.4, -0.2) is 23.4 Å². The molecule has 19 heavy (non-hydrogen) atoms. The molecule has 1 unspecified atom stereocenters. The highest BCUT2D eigenvalue weighted by atomic mass is 35.5. The summed E-state index contributed by atoms with van der Waals surface area (Å²) >= 11 is 0. The van der Waals surface area contributed by atoms with Crippen LogP contribution >= 0.6 is 12.4 Å². The van der Waals surface area contributed by atoms with Gasteiger partial charge in [-0.15, -0.1) is 12.4 Å².